The number of amides is 3. The van der Waals surface area contributed by atoms with Crippen molar-refractivity contribution < 1.29 is 28.8 Å². The van der Waals surface area contributed by atoms with E-state index in [0.29, 0.717) is 10.7 Å². The Kier molecular flexibility index (Phi) is 7.00. The van der Waals surface area contributed by atoms with E-state index in [-0.39, 0.29) is 24.2 Å². The molecular formula is C20H17ClN4O7. The van der Waals surface area contributed by atoms with Gasteiger partial charge in [-0.1, -0.05) is 11.6 Å². The van der Waals surface area contributed by atoms with Crippen LogP contribution < -0.4 is 10.7 Å². The Balaban J connectivity index is 1.48. The highest BCUT2D eigenvalue weighted by molar-refractivity contribution is 6.30. The van der Waals surface area contributed by atoms with Gasteiger partial charge < -0.3 is 10.1 Å². The zero-order chi connectivity index (χ0) is 23.3. The van der Waals surface area contributed by atoms with Gasteiger partial charge in [0.25, 0.3) is 17.5 Å². The zero-order valence-corrected chi connectivity index (χ0v) is 17.2. The molecule has 1 heterocycles. The van der Waals surface area contributed by atoms with Crippen molar-refractivity contribution >= 4 is 46.7 Å². The van der Waals surface area contributed by atoms with Crippen LogP contribution in [0, 0.1) is 16.0 Å². The van der Waals surface area contributed by atoms with Gasteiger partial charge in [0.05, 0.1) is 17.4 Å². The number of halogens is 1. The highest BCUT2D eigenvalue weighted by Crippen LogP contribution is 2.19. The molecule has 12 heteroatoms. The second-order valence-corrected chi connectivity index (χ2v) is 7.25. The number of nitrogens with zero attached hydrogens (tertiary/aromatic N) is 2. The summed E-state index contributed by atoms with van der Waals surface area (Å²) >= 11 is 5.77. The van der Waals surface area contributed by atoms with Crippen molar-refractivity contribution in [3.63, 3.8) is 0 Å². The monoisotopic (exact) mass is 460 g/mol. The fourth-order valence-electron chi connectivity index (χ4n) is 2.88. The lowest BCUT2D eigenvalue weighted by Crippen LogP contribution is -2.43. The fraction of sp³-hybridized carbons (Fsp3) is 0.200. The maximum absolute atomic E-state index is 12.3. The number of nitro groups is 1. The Morgan fingerprint density at radius 3 is 2.41 bits per heavy atom. The van der Waals surface area contributed by atoms with Crippen LogP contribution in [0.1, 0.15) is 16.8 Å². The SMILES string of the molecule is O=C(COC(=O)[C@H]1CC(=O)N(NC(=O)c2ccc([N+](=O)[O-])cc2)C1)Nc1ccc(Cl)cc1. The number of benzene rings is 2. The summed E-state index contributed by atoms with van der Waals surface area (Å²) in [6.07, 6.45) is -0.196. The summed E-state index contributed by atoms with van der Waals surface area (Å²) in [5.41, 5.74) is 2.76. The van der Waals surface area contributed by atoms with E-state index in [4.69, 9.17) is 16.3 Å². The largest absolute Gasteiger partial charge is 0.455 e. The average Bonchev–Trinajstić information content (AvgIpc) is 3.14. The predicted octanol–water partition coefficient (Wildman–Crippen LogP) is 1.92. The zero-order valence-electron chi connectivity index (χ0n) is 16.4. The van der Waals surface area contributed by atoms with Crippen molar-refractivity contribution in [2.45, 2.75) is 6.42 Å². The number of nitrogens with one attached hydrogen (secondary N) is 2. The first-order valence-electron chi connectivity index (χ1n) is 9.31. The van der Waals surface area contributed by atoms with Crippen LogP contribution in [-0.4, -0.2) is 46.8 Å². The van der Waals surface area contributed by atoms with Gasteiger partial charge >= 0.3 is 5.97 Å². The van der Waals surface area contributed by atoms with Crippen LogP contribution in [0.5, 0.6) is 0 Å². The molecule has 0 saturated carbocycles. The molecule has 0 bridgehead atoms. The van der Waals surface area contributed by atoms with E-state index in [2.05, 4.69) is 10.7 Å². The Labute approximate surface area is 186 Å². The number of non-ortho nitro benzene ring substituents is 1. The molecule has 32 heavy (non-hydrogen) atoms. The van der Waals surface area contributed by atoms with Gasteiger partial charge in [-0.15, -0.1) is 0 Å². The Morgan fingerprint density at radius 2 is 1.78 bits per heavy atom. The van der Waals surface area contributed by atoms with Gasteiger partial charge in [-0.2, -0.15) is 0 Å². The van der Waals surface area contributed by atoms with Gasteiger partial charge in [0.1, 0.15) is 0 Å². The molecule has 11 nitrogen and oxygen atoms in total. The van der Waals surface area contributed by atoms with Gasteiger partial charge in [-0.25, -0.2) is 0 Å². The molecule has 0 radical (unpaired) electrons. The maximum atomic E-state index is 12.3. The second-order valence-electron chi connectivity index (χ2n) is 6.81. The minimum absolute atomic E-state index is 0.105. The number of carbonyl (C=O) groups excluding carboxylic acids is 4. The lowest BCUT2D eigenvalue weighted by molar-refractivity contribution is -0.384. The topological polar surface area (TPSA) is 148 Å². The lowest BCUT2D eigenvalue weighted by Gasteiger charge is -2.17. The van der Waals surface area contributed by atoms with E-state index in [9.17, 15) is 29.3 Å². The highest BCUT2D eigenvalue weighted by atomic mass is 35.5. The summed E-state index contributed by atoms with van der Waals surface area (Å²) in [5.74, 6) is -3.34. The molecule has 1 atom stereocenters. The van der Waals surface area contributed by atoms with Crippen molar-refractivity contribution in [1.29, 1.82) is 0 Å². The molecule has 1 aliphatic heterocycles. The first-order chi connectivity index (χ1) is 15.2. The highest BCUT2D eigenvalue weighted by Gasteiger charge is 2.36. The fourth-order valence-corrected chi connectivity index (χ4v) is 3.01. The summed E-state index contributed by atoms with van der Waals surface area (Å²) in [6.45, 7) is -0.670. The van der Waals surface area contributed by atoms with Crippen LogP contribution >= 0.6 is 11.6 Å². The third-order valence-corrected chi connectivity index (χ3v) is 4.76. The molecule has 0 spiro atoms. The van der Waals surface area contributed by atoms with E-state index >= 15 is 0 Å². The second kappa shape index (κ2) is 9.88. The van der Waals surface area contributed by atoms with Crippen LogP contribution in [-0.2, 0) is 19.1 Å². The summed E-state index contributed by atoms with van der Waals surface area (Å²) in [7, 11) is 0. The number of rotatable bonds is 7. The molecule has 0 aromatic heterocycles. The van der Waals surface area contributed by atoms with Crippen molar-refractivity contribution in [1.82, 2.24) is 10.4 Å². The first-order valence-corrected chi connectivity index (χ1v) is 9.68. The number of nitro benzene ring substituents is 1. The Hall–Kier alpha value is -3.99. The molecule has 2 aromatic rings. The number of esters is 1. The van der Waals surface area contributed by atoms with E-state index < -0.39 is 41.1 Å². The molecule has 3 rings (SSSR count). The third-order valence-electron chi connectivity index (χ3n) is 4.51. The lowest BCUT2D eigenvalue weighted by atomic mass is 10.1. The molecule has 3 amide bonds. The average molecular weight is 461 g/mol. The summed E-state index contributed by atoms with van der Waals surface area (Å²) in [5, 5.41) is 14.7. The Morgan fingerprint density at radius 1 is 1.12 bits per heavy atom. The van der Waals surface area contributed by atoms with Crippen LogP contribution in [0.25, 0.3) is 0 Å². The van der Waals surface area contributed by atoms with Gasteiger partial charge in [0.2, 0.25) is 5.91 Å². The summed E-state index contributed by atoms with van der Waals surface area (Å²) < 4.78 is 4.97. The smallest absolute Gasteiger partial charge is 0.311 e. The number of carbonyl (C=O) groups is 4. The number of hydrazine groups is 1. The van der Waals surface area contributed by atoms with Gasteiger partial charge in [-0.05, 0) is 36.4 Å². The Bertz CT molecular complexity index is 1060. The minimum Gasteiger partial charge on any atom is -0.455 e. The molecule has 1 saturated heterocycles. The maximum Gasteiger partial charge on any atom is 0.311 e. The number of anilines is 1. The minimum atomic E-state index is -0.858. The molecule has 2 aromatic carbocycles. The molecule has 2 N–H and O–H groups in total. The van der Waals surface area contributed by atoms with Crippen LogP contribution in [0.4, 0.5) is 11.4 Å². The van der Waals surface area contributed by atoms with Gasteiger partial charge in [0, 0.05) is 34.8 Å². The van der Waals surface area contributed by atoms with E-state index in [1.807, 2.05) is 0 Å². The molecule has 166 valence electrons. The molecule has 0 aliphatic carbocycles. The number of hydrogen-bond acceptors (Lipinski definition) is 7. The van der Waals surface area contributed by atoms with Crippen molar-refractivity contribution in [3.8, 4) is 0 Å². The predicted molar refractivity (Wildman–Crippen MR) is 111 cm³/mol. The quantitative estimate of drug-likeness (QED) is 0.364. The first kappa shape index (κ1) is 22.7. The van der Waals surface area contributed by atoms with Crippen LogP contribution in [0.15, 0.2) is 48.5 Å². The normalized spacial score (nSPS) is 15.2. The van der Waals surface area contributed by atoms with Crippen LogP contribution in [0.2, 0.25) is 5.02 Å². The van der Waals surface area contributed by atoms with E-state index in [0.717, 1.165) is 17.1 Å². The molecular weight excluding hydrogens is 444 g/mol. The molecule has 1 fully saturated rings. The number of ether oxygens (including phenoxy) is 1. The van der Waals surface area contributed by atoms with E-state index in [1.165, 1.54) is 12.1 Å². The van der Waals surface area contributed by atoms with Crippen LogP contribution in [0.3, 0.4) is 0 Å². The van der Waals surface area contributed by atoms with E-state index in [1.54, 1.807) is 24.3 Å². The molecule has 1 aliphatic rings. The van der Waals surface area contributed by atoms with Crippen molar-refractivity contribution in [2.24, 2.45) is 5.92 Å². The standard InChI is InChI=1S/C20H17ClN4O7/c21-14-3-5-15(6-4-14)22-17(26)11-32-20(29)13-9-18(27)24(10-13)23-19(28)12-1-7-16(8-2-12)25(30)31/h1-8,13H,9-11H2,(H,22,26)(H,23,28)/t13-/m0/s1. The number of hydrogen-bond donors (Lipinski definition) is 2. The molecule has 0 unspecified atom stereocenters. The van der Waals surface area contributed by atoms with Crippen molar-refractivity contribution in [2.75, 3.05) is 18.5 Å². The summed E-state index contributed by atoms with van der Waals surface area (Å²) in [6, 6.07) is 11.2. The van der Waals surface area contributed by atoms with Gasteiger partial charge in [-0.3, -0.25) is 39.7 Å². The van der Waals surface area contributed by atoms with Gasteiger partial charge in [0.15, 0.2) is 6.61 Å². The van der Waals surface area contributed by atoms with Crippen molar-refractivity contribution in [3.05, 3.63) is 69.2 Å². The summed E-state index contributed by atoms with van der Waals surface area (Å²) in [4.78, 5) is 58.6. The third kappa shape index (κ3) is 5.79.